The third-order valence-electron chi connectivity index (χ3n) is 4.05. The molecule has 0 heterocycles. The summed E-state index contributed by atoms with van der Waals surface area (Å²) in [7, 11) is 0. The van der Waals surface area contributed by atoms with Crippen molar-refractivity contribution in [2.24, 2.45) is 0 Å². The summed E-state index contributed by atoms with van der Waals surface area (Å²) >= 11 is 0. The number of carbonyl (C=O) groups is 1. The molecule has 0 radical (unpaired) electrons. The summed E-state index contributed by atoms with van der Waals surface area (Å²) in [5.41, 5.74) is 0. The van der Waals surface area contributed by atoms with Gasteiger partial charge in [-0.1, -0.05) is 78.1 Å². The highest BCUT2D eigenvalue weighted by atomic mass is 16.5. The third-order valence-corrected chi connectivity index (χ3v) is 4.05. The maximum Gasteiger partial charge on any atom is 0.161 e. The van der Waals surface area contributed by atoms with Gasteiger partial charge in [-0.25, -0.2) is 0 Å². The lowest BCUT2D eigenvalue weighted by atomic mass is 10.0. The fourth-order valence-corrected chi connectivity index (χ4v) is 2.75. The van der Waals surface area contributed by atoms with E-state index in [4.69, 9.17) is 4.74 Å². The number of ketones is 1. The molecule has 0 N–H and O–H groups in total. The monoisotopic (exact) mass is 298 g/mol. The van der Waals surface area contributed by atoms with Gasteiger partial charge in [-0.05, 0) is 19.8 Å². The molecule has 0 amide bonds. The molecule has 0 aliphatic rings. The van der Waals surface area contributed by atoms with Gasteiger partial charge in [0.1, 0.15) is 6.10 Å². The van der Waals surface area contributed by atoms with Crippen LogP contribution in [-0.2, 0) is 9.53 Å². The predicted molar refractivity (Wildman–Crippen MR) is 91.8 cm³/mol. The van der Waals surface area contributed by atoms with Crippen molar-refractivity contribution in [3.63, 3.8) is 0 Å². The summed E-state index contributed by atoms with van der Waals surface area (Å²) in [6.45, 7) is 6.99. The molecule has 0 saturated carbocycles. The Bertz CT molecular complexity index is 220. The zero-order valence-corrected chi connectivity index (χ0v) is 14.8. The Hall–Kier alpha value is -0.370. The molecule has 0 aliphatic carbocycles. The molecule has 2 heteroatoms. The Morgan fingerprint density at radius 2 is 1.29 bits per heavy atom. The molecule has 1 atom stereocenters. The Labute approximate surface area is 133 Å². The van der Waals surface area contributed by atoms with Crippen LogP contribution in [0.25, 0.3) is 0 Å². The van der Waals surface area contributed by atoms with Crippen molar-refractivity contribution < 1.29 is 9.53 Å². The van der Waals surface area contributed by atoms with Crippen LogP contribution in [0.1, 0.15) is 104 Å². The standard InChI is InChI=1S/C19H38O2/c1-4-7-8-9-10-11-12-13-14-15-17-18(20)19(16-5-2)21-6-3/h19H,4-17H2,1-3H3. The number of hydrogen-bond acceptors (Lipinski definition) is 2. The van der Waals surface area contributed by atoms with Gasteiger partial charge in [-0.15, -0.1) is 0 Å². The largest absolute Gasteiger partial charge is 0.371 e. The molecule has 0 spiro atoms. The zero-order valence-electron chi connectivity index (χ0n) is 14.8. The average molecular weight is 299 g/mol. The van der Waals surface area contributed by atoms with Gasteiger partial charge in [-0.2, -0.15) is 0 Å². The number of ether oxygens (including phenoxy) is 1. The van der Waals surface area contributed by atoms with Crippen LogP contribution < -0.4 is 0 Å². The molecule has 21 heavy (non-hydrogen) atoms. The summed E-state index contributed by atoms with van der Waals surface area (Å²) < 4.78 is 5.54. The molecule has 0 saturated heterocycles. The maximum atomic E-state index is 12.0. The fraction of sp³-hybridized carbons (Fsp3) is 0.947. The first-order chi connectivity index (χ1) is 10.3. The summed E-state index contributed by atoms with van der Waals surface area (Å²) in [5.74, 6) is 0.318. The van der Waals surface area contributed by atoms with Crippen molar-refractivity contribution in [3.05, 3.63) is 0 Å². The Kier molecular flexibility index (Phi) is 15.7. The third kappa shape index (κ3) is 13.0. The summed E-state index contributed by atoms with van der Waals surface area (Å²) in [6, 6.07) is 0. The molecule has 0 aliphatic heterocycles. The minimum atomic E-state index is -0.140. The second-order valence-electron chi connectivity index (χ2n) is 6.13. The highest BCUT2D eigenvalue weighted by Crippen LogP contribution is 2.13. The van der Waals surface area contributed by atoms with E-state index in [1.807, 2.05) is 6.92 Å². The van der Waals surface area contributed by atoms with Crippen molar-refractivity contribution in [1.29, 1.82) is 0 Å². The van der Waals surface area contributed by atoms with Crippen LogP contribution in [0.15, 0.2) is 0 Å². The molecule has 0 bridgehead atoms. The lowest BCUT2D eigenvalue weighted by molar-refractivity contribution is -0.130. The molecule has 0 fully saturated rings. The second-order valence-corrected chi connectivity index (χ2v) is 6.13. The van der Waals surface area contributed by atoms with Crippen LogP contribution in [0.2, 0.25) is 0 Å². The van der Waals surface area contributed by atoms with Gasteiger partial charge in [0.15, 0.2) is 5.78 Å². The van der Waals surface area contributed by atoms with Gasteiger partial charge in [0.05, 0.1) is 0 Å². The van der Waals surface area contributed by atoms with Gasteiger partial charge in [-0.3, -0.25) is 4.79 Å². The lowest BCUT2D eigenvalue weighted by Gasteiger charge is -2.14. The van der Waals surface area contributed by atoms with Crippen LogP contribution in [-0.4, -0.2) is 18.5 Å². The van der Waals surface area contributed by atoms with Crippen LogP contribution in [0.4, 0.5) is 0 Å². The van der Waals surface area contributed by atoms with Gasteiger partial charge in [0.2, 0.25) is 0 Å². The first-order valence-electron chi connectivity index (χ1n) is 9.40. The quantitative estimate of drug-likeness (QED) is 0.323. The minimum Gasteiger partial charge on any atom is -0.371 e. The van der Waals surface area contributed by atoms with Crippen molar-refractivity contribution in [2.45, 2.75) is 110 Å². The fourth-order valence-electron chi connectivity index (χ4n) is 2.75. The molecule has 126 valence electrons. The topological polar surface area (TPSA) is 26.3 Å². The second kappa shape index (κ2) is 16.0. The van der Waals surface area contributed by atoms with E-state index in [-0.39, 0.29) is 6.10 Å². The number of unbranched alkanes of at least 4 members (excludes halogenated alkanes) is 9. The molecule has 1 unspecified atom stereocenters. The van der Waals surface area contributed by atoms with E-state index in [0.29, 0.717) is 18.8 Å². The zero-order chi connectivity index (χ0) is 15.8. The Morgan fingerprint density at radius 3 is 1.76 bits per heavy atom. The molecule has 0 aromatic heterocycles. The number of Topliss-reactive ketones (excluding diaryl/α,β-unsaturated/α-hetero) is 1. The smallest absolute Gasteiger partial charge is 0.161 e. The molecule has 0 aromatic rings. The van der Waals surface area contributed by atoms with E-state index in [9.17, 15) is 4.79 Å². The predicted octanol–water partition coefficient (Wildman–Crippen LogP) is 6.07. The van der Waals surface area contributed by atoms with Gasteiger partial charge >= 0.3 is 0 Å². The molecular formula is C19H38O2. The maximum absolute atomic E-state index is 12.0. The van der Waals surface area contributed by atoms with E-state index < -0.39 is 0 Å². The molecular weight excluding hydrogens is 260 g/mol. The van der Waals surface area contributed by atoms with Crippen LogP contribution in [0.3, 0.4) is 0 Å². The normalized spacial score (nSPS) is 12.5. The highest BCUT2D eigenvalue weighted by Gasteiger charge is 2.16. The number of hydrogen-bond donors (Lipinski definition) is 0. The van der Waals surface area contributed by atoms with Crippen molar-refractivity contribution in [3.8, 4) is 0 Å². The van der Waals surface area contributed by atoms with Crippen molar-refractivity contribution in [2.75, 3.05) is 6.61 Å². The first-order valence-corrected chi connectivity index (χ1v) is 9.40. The van der Waals surface area contributed by atoms with Crippen LogP contribution in [0, 0.1) is 0 Å². The van der Waals surface area contributed by atoms with Crippen molar-refractivity contribution >= 4 is 5.78 Å². The van der Waals surface area contributed by atoms with E-state index in [2.05, 4.69) is 13.8 Å². The average Bonchev–Trinajstić information content (AvgIpc) is 2.48. The lowest BCUT2D eigenvalue weighted by Crippen LogP contribution is -2.24. The Morgan fingerprint density at radius 1 is 0.762 bits per heavy atom. The van der Waals surface area contributed by atoms with Gasteiger partial charge in [0.25, 0.3) is 0 Å². The van der Waals surface area contributed by atoms with Crippen molar-refractivity contribution in [1.82, 2.24) is 0 Å². The van der Waals surface area contributed by atoms with Gasteiger partial charge in [0, 0.05) is 13.0 Å². The van der Waals surface area contributed by atoms with E-state index in [1.54, 1.807) is 0 Å². The molecule has 2 nitrogen and oxygen atoms in total. The van der Waals surface area contributed by atoms with E-state index in [0.717, 1.165) is 19.3 Å². The number of rotatable bonds is 16. The van der Waals surface area contributed by atoms with Gasteiger partial charge < -0.3 is 4.74 Å². The summed E-state index contributed by atoms with van der Waals surface area (Å²) in [4.78, 5) is 12.0. The first kappa shape index (κ1) is 20.6. The van der Waals surface area contributed by atoms with Crippen LogP contribution >= 0.6 is 0 Å². The van der Waals surface area contributed by atoms with E-state index in [1.165, 1.54) is 57.8 Å². The summed E-state index contributed by atoms with van der Waals surface area (Å²) in [5, 5.41) is 0. The van der Waals surface area contributed by atoms with E-state index >= 15 is 0 Å². The SMILES string of the molecule is CCCCCCCCCCCCC(=O)C(CCC)OCC. The Balaban J connectivity index is 3.42. The molecule has 0 aromatic carbocycles. The number of carbonyl (C=O) groups excluding carboxylic acids is 1. The summed E-state index contributed by atoms with van der Waals surface area (Å²) in [6.07, 6.45) is 15.6. The minimum absolute atomic E-state index is 0.140. The van der Waals surface area contributed by atoms with Crippen LogP contribution in [0.5, 0.6) is 0 Å². The molecule has 0 rings (SSSR count). The highest BCUT2D eigenvalue weighted by molar-refractivity contribution is 5.82.